The fourth-order valence-corrected chi connectivity index (χ4v) is 4.68. The Morgan fingerprint density at radius 2 is 2.04 bits per heavy atom. The van der Waals surface area contributed by atoms with Crippen LogP contribution in [0.1, 0.15) is 40.8 Å². The average molecular weight is 406 g/mol. The quantitative estimate of drug-likeness (QED) is 0.698. The van der Waals surface area contributed by atoms with E-state index in [9.17, 15) is 9.90 Å². The van der Waals surface area contributed by atoms with Crippen LogP contribution in [-0.4, -0.2) is 35.6 Å². The molecule has 1 atom stereocenters. The maximum absolute atomic E-state index is 11.3. The molecule has 0 bridgehead atoms. The first-order chi connectivity index (χ1) is 12.6. The van der Waals surface area contributed by atoms with Crippen LogP contribution in [0.25, 0.3) is 5.57 Å². The van der Waals surface area contributed by atoms with Gasteiger partial charge in [-0.2, -0.15) is 0 Å². The van der Waals surface area contributed by atoms with Gasteiger partial charge in [-0.15, -0.1) is 23.7 Å². The van der Waals surface area contributed by atoms with Crippen molar-refractivity contribution >= 4 is 35.3 Å². The molecule has 2 aromatic rings. The van der Waals surface area contributed by atoms with Crippen LogP contribution in [0.2, 0.25) is 0 Å². The molecule has 27 heavy (non-hydrogen) atoms. The second-order valence-electron chi connectivity index (χ2n) is 7.13. The molecular formula is C22H28ClNO2S. The molecule has 5 heteroatoms. The van der Waals surface area contributed by atoms with Gasteiger partial charge in [-0.05, 0) is 73.4 Å². The number of carboxylic acid groups (broad SMARTS) is 1. The second-order valence-corrected chi connectivity index (χ2v) is 8.05. The van der Waals surface area contributed by atoms with Crippen LogP contribution in [-0.2, 0) is 4.79 Å². The smallest absolute Gasteiger partial charge is 0.307 e. The predicted molar refractivity (Wildman–Crippen MR) is 116 cm³/mol. The summed E-state index contributed by atoms with van der Waals surface area (Å²) in [5, 5.41) is 11.4. The topological polar surface area (TPSA) is 40.5 Å². The first kappa shape index (κ1) is 21.7. The molecule has 1 N–H and O–H groups in total. The van der Waals surface area contributed by atoms with E-state index in [-0.39, 0.29) is 18.3 Å². The van der Waals surface area contributed by atoms with Crippen LogP contribution in [0.4, 0.5) is 0 Å². The summed E-state index contributed by atoms with van der Waals surface area (Å²) in [7, 11) is 0. The highest BCUT2D eigenvalue weighted by Gasteiger charge is 2.24. The number of piperidine rings is 1. The van der Waals surface area contributed by atoms with Crippen molar-refractivity contribution < 1.29 is 9.90 Å². The molecule has 0 unspecified atom stereocenters. The van der Waals surface area contributed by atoms with Crippen molar-refractivity contribution in [2.75, 3.05) is 19.6 Å². The summed E-state index contributed by atoms with van der Waals surface area (Å²) in [6.45, 7) is 6.94. The van der Waals surface area contributed by atoms with Crippen LogP contribution in [0, 0.1) is 19.8 Å². The number of aliphatic carboxylic acids is 1. The lowest BCUT2D eigenvalue weighted by Crippen LogP contribution is -2.39. The number of carbonyl (C=O) groups is 1. The number of benzene rings is 1. The van der Waals surface area contributed by atoms with Crippen LogP contribution in [0.5, 0.6) is 0 Å². The number of rotatable bonds is 6. The molecule has 0 radical (unpaired) electrons. The maximum atomic E-state index is 11.3. The lowest BCUT2D eigenvalue weighted by Gasteiger charge is -2.30. The van der Waals surface area contributed by atoms with E-state index < -0.39 is 5.97 Å². The zero-order chi connectivity index (χ0) is 18.5. The molecule has 1 saturated heterocycles. The highest BCUT2D eigenvalue weighted by atomic mass is 35.5. The van der Waals surface area contributed by atoms with E-state index in [0.29, 0.717) is 6.54 Å². The minimum Gasteiger partial charge on any atom is -0.481 e. The molecule has 1 aromatic heterocycles. The predicted octanol–water partition coefficient (Wildman–Crippen LogP) is 5.41. The van der Waals surface area contributed by atoms with Crippen molar-refractivity contribution in [2.45, 2.75) is 33.1 Å². The zero-order valence-electron chi connectivity index (χ0n) is 16.0. The van der Waals surface area contributed by atoms with E-state index in [4.69, 9.17) is 0 Å². The Labute approximate surface area is 172 Å². The standard InChI is InChI=1S/C22H27NO2S.ClH/c1-16-7-3-4-9-19(16)20(21-17(2)11-14-26-21)10-6-13-23-12-5-8-18(15-23)22(24)25;/h3-4,7,9-11,14,18H,5-6,8,12-13,15H2,1-2H3,(H,24,25);1H/b20-10+;/t18-;/m1./s1. The molecule has 0 spiro atoms. The number of hydrogen-bond donors (Lipinski definition) is 1. The van der Waals surface area contributed by atoms with Gasteiger partial charge in [-0.3, -0.25) is 4.79 Å². The second kappa shape index (κ2) is 10.1. The number of likely N-dealkylation sites (tertiary alicyclic amines) is 1. The van der Waals surface area contributed by atoms with Crippen LogP contribution < -0.4 is 0 Å². The van der Waals surface area contributed by atoms with Crippen molar-refractivity contribution in [3.63, 3.8) is 0 Å². The van der Waals surface area contributed by atoms with Crippen LogP contribution in [0.3, 0.4) is 0 Å². The number of halogens is 1. The van der Waals surface area contributed by atoms with Gasteiger partial charge in [-0.1, -0.05) is 30.3 Å². The van der Waals surface area contributed by atoms with Gasteiger partial charge in [0.2, 0.25) is 0 Å². The van der Waals surface area contributed by atoms with Crippen molar-refractivity contribution in [1.29, 1.82) is 0 Å². The van der Waals surface area contributed by atoms with E-state index in [0.717, 1.165) is 32.4 Å². The van der Waals surface area contributed by atoms with E-state index in [1.54, 1.807) is 11.3 Å². The summed E-state index contributed by atoms with van der Waals surface area (Å²) >= 11 is 1.79. The zero-order valence-corrected chi connectivity index (χ0v) is 17.6. The summed E-state index contributed by atoms with van der Waals surface area (Å²) in [5.41, 5.74) is 5.20. The third-order valence-electron chi connectivity index (χ3n) is 5.19. The number of nitrogens with zero attached hydrogens (tertiary/aromatic N) is 1. The Morgan fingerprint density at radius 1 is 1.26 bits per heavy atom. The minimum atomic E-state index is -0.653. The Balaban J connectivity index is 0.00000261. The van der Waals surface area contributed by atoms with Crippen molar-refractivity contribution in [3.8, 4) is 0 Å². The van der Waals surface area contributed by atoms with Gasteiger partial charge in [0.15, 0.2) is 0 Å². The molecule has 1 aliphatic heterocycles. The normalized spacial score (nSPS) is 18.1. The summed E-state index contributed by atoms with van der Waals surface area (Å²) in [5.74, 6) is -0.858. The number of hydrogen-bond acceptors (Lipinski definition) is 3. The van der Waals surface area contributed by atoms with Gasteiger partial charge >= 0.3 is 5.97 Å². The first-order valence-electron chi connectivity index (χ1n) is 9.32. The number of aryl methyl sites for hydroxylation is 2. The van der Waals surface area contributed by atoms with Gasteiger partial charge < -0.3 is 10.0 Å². The molecular weight excluding hydrogens is 378 g/mol. The molecule has 1 aliphatic rings. The van der Waals surface area contributed by atoms with Gasteiger partial charge in [0.25, 0.3) is 0 Å². The third kappa shape index (κ3) is 5.44. The van der Waals surface area contributed by atoms with Gasteiger partial charge in [-0.25, -0.2) is 0 Å². The Bertz CT molecular complexity index is 799. The molecule has 0 aliphatic carbocycles. The molecule has 1 aromatic carbocycles. The van der Waals surface area contributed by atoms with E-state index >= 15 is 0 Å². The van der Waals surface area contributed by atoms with Gasteiger partial charge in [0.1, 0.15) is 0 Å². The maximum Gasteiger partial charge on any atom is 0.307 e. The Morgan fingerprint density at radius 3 is 2.70 bits per heavy atom. The fourth-order valence-electron chi connectivity index (χ4n) is 3.70. The van der Waals surface area contributed by atoms with Crippen molar-refractivity contribution in [3.05, 3.63) is 63.4 Å². The highest BCUT2D eigenvalue weighted by molar-refractivity contribution is 7.11. The summed E-state index contributed by atoms with van der Waals surface area (Å²) < 4.78 is 0. The first-order valence-corrected chi connectivity index (χ1v) is 10.2. The van der Waals surface area contributed by atoms with E-state index in [1.807, 2.05) is 0 Å². The lowest BCUT2D eigenvalue weighted by molar-refractivity contribution is -0.143. The lowest BCUT2D eigenvalue weighted by atomic mass is 9.96. The molecule has 3 nitrogen and oxygen atoms in total. The van der Waals surface area contributed by atoms with Crippen molar-refractivity contribution in [1.82, 2.24) is 4.90 Å². The molecule has 0 amide bonds. The van der Waals surface area contributed by atoms with E-state index in [2.05, 4.69) is 60.5 Å². The molecule has 146 valence electrons. The number of thiophene rings is 1. The monoisotopic (exact) mass is 405 g/mol. The largest absolute Gasteiger partial charge is 0.481 e. The molecule has 2 heterocycles. The Hall–Kier alpha value is -1.62. The summed E-state index contributed by atoms with van der Waals surface area (Å²) in [4.78, 5) is 14.9. The van der Waals surface area contributed by atoms with Crippen LogP contribution >= 0.6 is 23.7 Å². The van der Waals surface area contributed by atoms with Crippen molar-refractivity contribution in [2.24, 2.45) is 5.92 Å². The van der Waals surface area contributed by atoms with Gasteiger partial charge in [0.05, 0.1) is 5.92 Å². The number of carboxylic acids is 1. The molecule has 3 rings (SSSR count). The summed E-state index contributed by atoms with van der Waals surface area (Å²) in [6.07, 6.45) is 5.07. The SMILES string of the molecule is Cc1ccccc1/C(=C\CCN1CCC[C@@H](C(=O)O)C1)c1sccc1C.Cl. The van der Waals surface area contributed by atoms with Gasteiger partial charge in [0, 0.05) is 18.0 Å². The molecule has 0 saturated carbocycles. The third-order valence-corrected chi connectivity index (χ3v) is 6.24. The Kier molecular flexibility index (Phi) is 8.08. The van der Waals surface area contributed by atoms with Crippen LogP contribution in [0.15, 0.2) is 41.8 Å². The highest BCUT2D eigenvalue weighted by Crippen LogP contribution is 2.32. The molecule has 1 fully saturated rings. The fraction of sp³-hybridized carbons (Fsp3) is 0.409. The average Bonchev–Trinajstić information content (AvgIpc) is 3.06. The minimum absolute atomic E-state index is 0. The van der Waals surface area contributed by atoms with E-state index in [1.165, 1.54) is 27.1 Å². The summed E-state index contributed by atoms with van der Waals surface area (Å²) in [6, 6.07) is 10.7.